The van der Waals surface area contributed by atoms with Crippen molar-refractivity contribution >= 4 is 21.8 Å². The second-order valence-corrected chi connectivity index (χ2v) is 7.44. The number of halogens is 1. The molecular weight excluding hydrogens is 406 g/mol. The number of fused-ring (bicyclic) bond motifs is 1. The number of nitrogens with zero attached hydrogens (tertiary/aromatic N) is 2. The van der Waals surface area contributed by atoms with Gasteiger partial charge in [0.1, 0.15) is 5.69 Å². The van der Waals surface area contributed by atoms with Crippen molar-refractivity contribution < 1.29 is 9.53 Å². The Kier molecular flexibility index (Phi) is 5.09. The fraction of sp³-hybridized carbons (Fsp3) is 0.238. The lowest BCUT2D eigenvalue weighted by atomic mass is 9.96. The summed E-state index contributed by atoms with van der Waals surface area (Å²) in [7, 11) is 1.68. The van der Waals surface area contributed by atoms with Gasteiger partial charge in [0.25, 0.3) is 5.91 Å². The predicted molar refractivity (Wildman–Crippen MR) is 108 cm³/mol. The highest BCUT2D eigenvalue weighted by molar-refractivity contribution is 9.10. The normalized spacial score (nSPS) is 16.0. The molecule has 138 valence electrons. The van der Waals surface area contributed by atoms with E-state index in [1.54, 1.807) is 7.11 Å². The highest BCUT2D eigenvalue weighted by Crippen LogP contribution is 2.42. The number of hydrogen-bond donors (Lipinski definition) is 1. The molecule has 0 saturated heterocycles. The molecule has 6 heteroatoms. The van der Waals surface area contributed by atoms with E-state index in [-0.39, 0.29) is 11.9 Å². The first-order chi connectivity index (χ1) is 13.2. The van der Waals surface area contributed by atoms with E-state index in [2.05, 4.69) is 38.3 Å². The minimum atomic E-state index is -0.161. The Balaban J connectivity index is 1.81. The number of methoxy groups -OCH3 is 1. The summed E-state index contributed by atoms with van der Waals surface area (Å²) in [5.74, 6) is -0.0105. The molecule has 1 aliphatic rings. The molecule has 4 rings (SSSR count). The maximum Gasteiger partial charge on any atom is 0.273 e. The molecule has 1 aromatic heterocycles. The number of aromatic amines is 1. The van der Waals surface area contributed by atoms with Crippen molar-refractivity contribution in [1.82, 2.24) is 15.1 Å². The molecule has 0 radical (unpaired) electrons. The second-order valence-electron chi connectivity index (χ2n) is 6.53. The largest absolute Gasteiger partial charge is 0.385 e. The van der Waals surface area contributed by atoms with Gasteiger partial charge < -0.3 is 9.64 Å². The second kappa shape index (κ2) is 7.66. The van der Waals surface area contributed by atoms with Crippen molar-refractivity contribution in [2.45, 2.75) is 12.5 Å². The number of carbonyl (C=O) groups excluding carboxylic acids is 1. The van der Waals surface area contributed by atoms with Gasteiger partial charge in [-0.3, -0.25) is 9.89 Å². The Labute approximate surface area is 166 Å². The first kappa shape index (κ1) is 17.9. The van der Waals surface area contributed by atoms with E-state index in [0.29, 0.717) is 18.8 Å². The zero-order chi connectivity index (χ0) is 18.8. The van der Waals surface area contributed by atoms with Gasteiger partial charge in [0, 0.05) is 35.9 Å². The monoisotopic (exact) mass is 425 g/mol. The van der Waals surface area contributed by atoms with Crippen LogP contribution < -0.4 is 0 Å². The van der Waals surface area contributed by atoms with Crippen LogP contribution >= 0.6 is 15.9 Å². The van der Waals surface area contributed by atoms with Crippen LogP contribution in [-0.4, -0.2) is 41.3 Å². The number of rotatable bonds is 6. The Hall–Kier alpha value is -2.44. The number of benzene rings is 2. The summed E-state index contributed by atoms with van der Waals surface area (Å²) >= 11 is 3.49. The maximum absolute atomic E-state index is 13.1. The Morgan fingerprint density at radius 2 is 1.89 bits per heavy atom. The third kappa shape index (κ3) is 3.31. The van der Waals surface area contributed by atoms with Gasteiger partial charge in [-0.15, -0.1) is 0 Å². The number of H-pyrrole nitrogens is 1. The lowest BCUT2D eigenvalue weighted by molar-refractivity contribution is 0.0723. The van der Waals surface area contributed by atoms with Gasteiger partial charge >= 0.3 is 0 Å². The van der Waals surface area contributed by atoms with Gasteiger partial charge in [-0.2, -0.15) is 5.10 Å². The molecule has 1 aliphatic heterocycles. The summed E-state index contributed by atoms with van der Waals surface area (Å²) < 4.78 is 6.19. The highest BCUT2D eigenvalue weighted by atomic mass is 79.9. The molecule has 0 spiro atoms. The number of carbonyl (C=O) groups is 1. The van der Waals surface area contributed by atoms with Crippen molar-refractivity contribution in [3.8, 4) is 11.3 Å². The minimum absolute atomic E-state index is 0.0105. The van der Waals surface area contributed by atoms with E-state index in [1.165, 1.54) is 0 Å². The molecular formula is C21H20BrN3O2. The number of nitrogens with one attached hydrogen (secondary N) is 1. The molecule has 2 heterocycles. The lowest BCUT2D eigenvalue weighted by Crippen LogP contribution is -2.31. The molecule has 0 saturated carbocycles. The van der Waals surface area contributed by atoms with Crippen LogP contribution in [0.1, 0.15) is 34.1 Å². The van der Waals surface area contributed by atoms with E-state index in [4.69, 9.17) is 4.74 Å². The molecule has 27 heavy (non-hydrogen) atoms. The van der Waals surface area contributed by atoms with E-state index >= 15 is 0 Å². The Morgan fingerprint density at radius 1 is 1.15 bits per heavy atom. The number of amides is 1. The zero-order valence-corrected chi connectivity index (χ0v) is 16.6. The lowest BCUT2D eigenvalue weighted by Gasteiger charge is -2.26. The van der Waals surface area contributed by atoms with Crippen LogP contribution in [-0.2, 0) is 4.74 Å². The van der Waals surface area contributed by atoms with E-state index in [0.717, 1.165) is 33.3 Å². The summed E-state index contributed by atoms with van der Waals surface area (Å²) in [5.41, 5.74) is 4.44. The molecule has 1 amide bonds. The number of aromatic nitrogens is 2. The fourth-order valence-electron chi connectivity index (χ4n) is 3.61. The minimum Gasteiger partial charge on any atom is -0.385 e. The van der Waals surface area contributed by atoms with Gasteiger partial charge in [-0.1, -0.05) is 58.4 Å². The van der Waals surface area contributed by atoms with Gasteiger partial charge in [-0.05, 0) is 24.1 Å². The van der Waals surface area contributed by atoms with Crippen molar-refractivity contribution in [2.24, 2.45) is 0 Å². The van der Waals surface area contributed by atoms with Crippen LogP contribution in [0.2, 0.25) is 0 Å². The number of hydrogen-bond acceptors (Lipinski definition) is 3. The van der Waals surface area contributed by atoms with Crippen LogP contribution in [0.15, 0.2) is 59.1 Å². The van der Waals surface area contributed by atoms with Crippen LogP contribution in [0.25, 0.3) is 11.3 Å². The molecule has 1 N–H and O–H groups in total. The summed E-state index contributed by atoms with van der Waals surface area (Å²) in [6.45, 7) is 1.25. The molecule has 0 fully saturated rings. The van der Waals surface area contributed by atoms with E-state index < -0.39 is 0 Å². The average Bonchev–Trinajstić information content (AvgIpc) is 3.23. The number of ether oxygens (including phenoxy) is 1. The van der Waals surface area contributed by atoms with Crippen LogP contribution in [0.5, 0.6) is 0 Å². The van der Waals surface area contributed by atoms with Crippen LogP contribution in [0.4, 0.5) is 0 Å². The van der Waals surface area contributed by atoms with E-state index in [1.807, 2.05) is 47.4 Å². The maximum atomic E-state index is 13.1. The molecule has 2 aromatic carbocycles. The standard InChI is InChI=1S/C21H20BrN3O2/c1-27-13-5-12-25-20(15-8-10-16(22)11-9-15)17-18(14-6-3-2-4-7-14)23-24-19(17)21(25)26/h2-4,6-11,20H,5,12-13H2,1H3,(H,23,24). The summed E-state index contributed by atoms with van der Waals surface area (Å²) in [4.78, 5) is 15.0. The molecule has 1 atom stereocenters. The van der Waals surface area contributed by atoms with E-state index in [9.17, 15) is 4.79 Å². The summed E-state index contributed by atoms with van der Waals surface area (Å²) in [6.07, 6.45) is 0.785. The van der Waals surface area contributed by atoms with Crippen molar-refractivity contribution in [3.63, 3.8) is 0 Å². The zero-order valence-electron chi connectivity index (χ0n) is 15.0. The molecule has 0 bridgehead atoms. The predicted octanol–water partition coefficient (Wildman–Crippen LogP) is 4.42. The topological polar surface area (TPSA) is 58.2 Å². The Morgan fingerprint density at radius 3 is 2.59 bits per heavy atom. The SMILES string of the molecule is COCCCN1C(=O)c2[nH]nc(-c3ccccc3)c2C1c1ccc(Br)cc1. The fourth-order valence-corrected chi connectivity index (χ4v) is 3.88. The molecule has 0 aliphatic carbocycles. The van der Waals surface area contributed by atoms with Gasteiger partial charge in [0.15, 0.2) is 0 Å². The molecule has 1 unspecified atom stereocenters. The summed E-state index contributed by atoms with van der Waals surface area (Å²) in [6, 6.07) is 18.0. The molecule has 3 aromatic rings. The smallest absolute Gasteiger partial charge is 0.273 e. The van der Waals surface area contributed by atoms with Crippen LogP contribution in [0.3, 0.4) is 0 Å². The van der Waals surface area contributed by atoms with Crippen molar-refractivity contribution in [1.29, 1.82) is 0 Å². The van der Waals surface area contributed by atoms with Crippen molar-refractivity contribution in [3.05, 3.63) is 75.9 Å². The molecule has 5 nitrogen and oxygen atoms in total. The Bertz CT molecular complexity index is 938. The third-order valence-corrected chi connectivity index (χ3v) is 5.37. The third-order valence-electron chi connectivity index (χ3n) is 4.84. The first-order valence-corrected chi connectivity index (χ1v) is 9.69. The van der Waals surface area contributed by atoms with Gasteiger partial charge in [0.2, 0.25) is 0 Å². The van der Waals surface area contributed by atoms with Gasteiger partial charge in [-0.25, -0.2) is 0 Å². The quantitative estimate of drug-likeness (QED) is 0.594. The van der Waals surface area contributed by atoms with Crippen molar-refractivity contribution in [2.75, 3.05) is 20.3 Å². The van der Waals surface area contributed by atoms with Gasteiger partial charge in [0.05, 0.1) is 11.7 Å². The average molecular weight is 426 g/mol. The first-order valence-electron chi connectivity index (χ1n) is 8.89. The summed E-state index contributed by atoms with van der Waals surface area (Å²) in [5, 5.41) is 7.46. The van der Waals surface area contributed by atoms with Crippen LogP contribution in [0, 0.1) is 0 Å². The highest BCUT2D eigenvalue weighted by Gasteiger charge is 2.41.